The van der Waals surface area contributed by atoms with Crippen LogP contribution in [-0.2, 0) is 4.79 Å². The molecule has 2 aromatic carbocycles. The molecule has 2 heterocycles. The van der Waals surface area contributed by atoms with E-state index in [4.69, 9.17) is 9.47 Å². The Bertz CT molecular complexity index is 890. The topological polar surface area (TPSA) is 59.9 Å². The van der Waals surface area contributed by atoms with Crippen LogP contribution in [0.1, 0.15) is 11.1 Å². The fourth-order valence-electron chi connectivity index (χ4n) is 2.55. The number of rotatable bonds is 2. The lowest BCUT2D eigenvalue weighted by molar-refractivity contribution is -0.115. The zero-order valence-electron chi connectivity index (χ0n) is 12.6. The van der Waals surface area contributed by atoms with E-state index in [1.165, 1.54) is 12.1 Å². The summed E-state index contributed by atoms with van der Waals surface area (Å²) in [5.41, 5.74) is 1.55. The van der Waals surface area contributed by atoms with Crippen LogP contribution >= 0.6 is 0 Å². The van der Waals surface area contributed by atoms with Gasteiger partial charge in [0.25, 0.3) is 5.91 Å². The molecule has 4 rings (SSSR count). The molecular formula is C18H13FN2O3. The van der Waals surface area contributed by atoms with Crippen LogP contribution in [0.2, 0.25) is 0 Å². The second-order valence-corrected chi connectivity index (χ2v) is 5.36. The number of fused-ring (bicyclic) bond motifs is 1. The van der Waals surface area contributed by atoms with Gasteiger partial charge >= 0.3 is 0 Å². The van der Waals surface area contributed by atoms with Crippen molar-refractivity contribution in [2.75, 3.05) is 13.2 Å². The number of carbonyl (C=O) groups is 1. The zero-order chi connectivity index (χ0) is 16.5. The maximum atomic E-state index is 13.3. The van der Waals surface area contributed by atoms with Gasteiger partial charge in [0.05, 0.1) is 0 Å². The predicted octanol–water partition coefficient (Wildman–Crippen LogP) is 2.51. The summed E-state index contributed by atoms with van der Waals surface area (Å²) in [7, 11) is 0. The van der Waals surface area contributed by atoms with Gasteiger partial charge in [0.1, 0.15) is 30.6 Å². The first-order chi connectivity index (χ1) is 11.7. The first-order valence-corrected chi connectivity index (χ1v) is 7.46. The second-order valence-electron chi connectivity index (χ2n) is 5.36. The summed E-state index contributed by atoms with van der Waals surface area (Å²) in [6, 6.07) is 11.3. The lowest BCUT2D eigenvalue weighted by atomic mass is 10.1. The highest BCUT2D eigenvalue weighted by molar-refractivity contribution is 6.19. The average molecular weight is 324 g/mol. The van der Waals surface area contributed by atoms with Gasteiger partial charge in [0.15, 0.2) is 11.5 Å². The number of amides is 1. The third-order valence-corrected chi connectivity index (χ3v) is 3.66. The van der Waals surface area contributed by atoms with Crippen molar-refractivity contribution in [3.63, 3.8) is 0 Å². The van der Waals surface area contributed by atoms with Gasteiger partial charge in [-0.2, -0.15) is 0 Å². The second kappa shape index (κ2) is 5.81. The molecule has 1 N–H and O–H groups in total. The number of aliphatic imine (C=N–C) groups is 1. The van der Waals surface area contributed by atoms with Crippen LogP contribution in [0.5, 0.6) is 11.5 Å². The molecule has 0 fully saturated rings. The van der Waals surface area contributed by atoms with Crippen LogP contribution in [0.15, 0.2) is 53.2 Å². The molecule has 0 saturated carbocycles. The molecule has 0 aromatic heterocycles. The number of carbonyl (C=O) groups excluding carboxylic acids is 1. The van der Waals surface area contributed by atoms with Crippen molar-refractivity contribution in [3.8, 4) is 11.5 Å². The Balaban J connectivity index is 1.66. The molecule has 1 amide bonds. The molecule has 120 valence electrons. The largest absolute Gasteiger partial charge is 0.486 e. The Morgan fingerprint density at radius 3 is 2.75 bits per heavy atom. The quantitative estimate of drug-likeness (QED) is 0.864. The van der Waals surface area contributed by atoms with Gasteiger partial charge in [-0.15, -0.1) is 0 Å². The van der Waals surface area contributed by atoms with E-state index in [9.17, 15) is 9.18 Å². The van der Waals surface area contributed by atoms with Crippen LogP contribution in [0.4, 0.5) is 4.39 Å². The van der Waals surface area contributed by atoms with Crippen molar-refractivity contribution < 1.29 is 18.7 Å². The number of ether oxygens (including phenoxy) is 2. The van der Waals surface area contributed by atoms with Gasteiger partial charge in [-0.25, -0.2) is 9.38 Å². The molecule has 24 heavy (non-hydrogen) atoms. The Kier molecular flexibility index (Phi) is 3.49. The lowest BCUT2D eigenvalue weighted by Crippen LogP contribution is -2.24. The Labute approximate surface area is 137 Å². The minimum absolute atomic E-state index is 0.255. The number of halogens is 1. The minimum atomic E-state index is -0.381. The minimum Gasteiger partial charge on any atom is -0.486 e. The summed E-state index contributed by atoms with van der Waals surface area (Å²) in [6.45, 7) is 1.02. The van der Waals surface area contributed by atoms with E-state index >= 15 is 0 Å². The third kappa shape index (κ3) is 2.74. The fraction of sp³-hybridized carbons (Fsp3) is 0.111. The van der Waals surface area contributed by atoms with Gasteiger partial charge < -0.3 is 14.8 Å². The predicted molar refractivity (Wildman–Crippen MR) is 86.5 cm³/mol. The molecule has 0 saturated heterocycles. The van der Waals surface area contributed by atoms with E-state index in [-0.39, 0.29) is 17.4 Å². The SMILES string of the molecule is O=C1NC(c2cccc(F)c2)=N/C1=C/c1ccc2c(c1)OCCO2. The molecule has 0 aliphatic carbocycles. The maximum absolute atomic E-state index is 13.3. The number of amidine groups is 1. The normalized spacial score (nSPS) is 17.6. The first kappa shape index (κ1) is 14.4. The molecule has 2 aliphatic heterocycles. The van der Waals surface area contributed by atoms with Crippen LogP contribution in [0, 0.1) is 5.82 Å². The Hall–Kier alpha value is -3.15. The van der Waals surface area contributed by atoms with E-state index in [0.29, 0.717) is 36.1 Å². The van der Waals surface area contributed by atoms with Crippen LogP contribution < -0.4 is 14.8 Å². The molecule has 2 aromatic rings. The molecule has 5 nitrogen and oxygen atoms in total. The third-order valence-electron chi connectivity index (χ3n) is 3.66. The monoisotopic (exact) mass is 324 g/mol. The summed E-state index contributed by atoms with van der Waals surface area (Å²) in [5, 5.41) is 2.65. The van der Waals surface area contributed by atoms with Gasteiger partial charge in [-0.1, -0.05) is 18.2 Å². The fourth-order valence-corrected chi connectivity index (χ4v) is 2.55. The Morgan fingerprint density at radius 2 is 1.92 bits per heavy atom. The lowest BCUT2D eigenvalue weighted by Gasteiger charge is -2.18. The summed E-state index contributed by atoms with van der Waals surface area (Å²) in [5.74, 6) is 0.952. The van der Waals surface area contributed by atoms with Crippen molar-refractivity contribution >= 4 is 17.8 Å². The van der Waals surface area contributed by atoms with Crippen molar-refractivity contribution in [1.82, 2.24) is 5.32 Å². The van der Waals surface area contributed by atoms with Crippen molar-refractivity contribution in [3.05, 3.63) is 65.1 Å². The molecule has 0 atom stereocenters. The molecule has 0 spiro atoms. The van der Waals surface area contributed by atoms with Crippen LogP contribution in [0.25, 0.3) is 6.08 Å². The number of hydrogen-bond donors (Lipinski definition) is 1. The Morgan fingerprint density at radius 1 is 1.08 bits per heavy atom. The number of nitrogens with zero attached hydrogens (tertiary/aromatic N) is 1. The molecule has 6 heteroatoms. The molecule has 0 bridgehead atoms. The maximum Gasteiger partial charge on any atom is 0.275 e. The highest BCUT2D eigenvalue weighted by atomic mass is 19.1. The van der Waals surface area contributed by atoms with Gasteiger partial charge in [-0.3, -0.25) is 4.79 Å². The van der Waals surface area contributed by atoms with Crippen molar-refractivity contribution in [2.24, 2.45) is 4.99 Å². The highest BCUT2D eigenvalue weighted by Crippen LogP contribution is 2.31. The number of benzene rings is 2. The van der Waals surface area contributed by atoms with Gasteiger partial charge in [0, 0.05) is 5.56 Å². The average Bonchev–Trinajstić information content (AvgIpc) is 2.96. The number of hydrogen-bond acceptors (Lipinski definition) is 4. The standard InChI is InChI=1S/C18H13FN2O3/c19-13-3-1-2-12(10-13)17-20-14(18(22)21-17)8-11-4-5-15-16(9-11)24-7-6-23-15/h1-5,8-10H,6-7H2,(H,20,21,22)/b14-8+. The van der Waals surface area contributed by atoms with E-state index in [1.54, 1.807) is 30.3 Å². The molecular weight excluding hydrogens is 311 g/mol. The van der Waals surface area contributed by atoms with Gasteiger partial charge in [-0.05, 0) is 35.9 Å². The van der Waals surface area contributed by atoms with Crippen LogP contribution in [-0.4, -0.2) is 25.0 Å². The summed E-state index contributed by atoms with van der Waals surface area (Å²) in [6.07, 6.45) is 1.65. The van der Waals surface area contributed by atoms with Crippen molar-refractivity contribution in [1.29, 1.82) is 0 Å². The van der Waals surface area contributed by atoms with E-state index in [0.717, 1.165) is 5.56 Å². The van der Waals surface area contributed by atoms with E-state index in [2.05, 4.69) is 10.3 Å². The summed E-state index contributed by atoms with van der Waals surface area (Å²) < 4.78 is 24.3. The van der Waals surface area contributed by atoms with Crippen LogP contribution in [0.3, 0.4) is 0 Å². The molecule has 0 radical (unpaired) electrons. The number of nitrogens with one attached hydrogen (secondary N) is 1. The van der Waals surface area contributed by atoms with E-state index < -0.39 is 0 Å². The summed E-state index contributed by atoms with van der Waals surface area (Å²) in [4.78, 5) is 16.4. The summed E-state index contributed by atoms with van der Waals surface area (Å²) >= 11 is 0. The molecule has 0 unspecified atom stereocenters. The molecule has 2 aliphatic rings. The van der Waals surface area contributed by atoms with E-state index in [1.807, 2.05) is 6.07 Å². The highest BCUT2D eigenvalue weighted by Gasteiger charge is 2.21. The zero-order valence-corrected chi connectivity index (χ0v) is 12.6. The first-order valence-electron chi connectivity index (χ1n) is 7.46. The van der Waals surface area contributed by atoms with Crippen molar-refractivity contribution in [2.45, 2.75) is 0 Å². The van der Waals surface area contributed by atoms with Gasteiger partial charge in [0.2, 0.25) is 0 Å². The smallest absolute Gasteiger partial charge is 0.275 e.